The van der Waals surface area contributed by atoms with E-state index in [1.165, 1.54) is 12.3 Å². The molecule has 0 amide bonds. The van der Waals surface area contributed by atoms with Gasteiger partial charge in [-0.2, -0.15) is 12.7 Å². The lowest BCUT2D eigenvalue weighted by Crippen LogP contribution is -2.55. The Kier molecular flexibility index (Phi) is 6.01. The summed E-state index contributed by atoms with van der Waals surface area (Å²) in [7, 11) is -5.51. The van der Waals surface area contributed by atoms with Crippen molar-refractivity contribution < 1.29 is 28.4 Å². The van der Waals surface area contributed by atoms with Gasteiger partial charge in [-0.3, -0.25) is 9.52 Å². The Bertz CT molecular complexity index is 704. The van der Waals surface area contributed by atoms with Gasteiger partial charge in [0.2, 0.25) is 0 Å². The molecule has 6 N–H and O–H groups in total. The first-order chi connectivity index (χ1) is 11.6. The van der Waals surface area contributed by atoms with Gasteiger partial charge in [0.05, 0.1) is 0 Å². The molecule has 0 unspecified atom stereocenters. The number of carbonyl (C=O) groups is 1. The maximum atomic E-state index is 12.5. The summed E-state index contributed by atoms with van der Waals surface area (Å²) in [5, 5.41) is 27.2. The normalized spacial score (nSPS) is 24.2. The van der Waals surface area contributed by atoms with Crippen LogP contribution in [0.15, 0.2) is 24.4 Å². The van der Waals surface area contributed by atoms with E-state index in [0.717, 1.165) is 4.31 Å². The monoisotopic (exact) mass is 372 g/mol. The Labute approximate surface area is 146 Å². The molecule has 0 radical (unpaired) electrons. The van der Waals surface area contributed by atoms with E-state index < -0.39 is 34.8 Å². The average Bonchev–Trinajstić information content (AvgIpc) is 2.87. The Morgan fingerprint density at radius 1 is 1.48 bits per heavy atom. The molecule has 12 heteroatoms. The minimum Gasteiger partial charge on any atom is -0.480 e. The molecule has 0 spiro atoms. The number of pyridine rings is 1. The smallest absolute Gasteiger partial charge is 0.451 e. The first-order valence-corrected chi connectivity index (χ1v) is 9.16. The SMILES string of the molecule is N[C@]1(C(=O)O)CN(S(=O)(=O)Nc2ccccn2)C[C@H]1CCCB(O)O. The standard InChI is InChI=1S/C13H21BN4O6S/c15-13(12(19)20)9-18(8-10(13)4-3-6-14(21)22)25(23,24)17-11-5-1-2-7-16-11/h1-2,5,7,10,21-22H,3-4,6,8-9,15H2,(H,16,17)(H,19,20)/t10-,13-/m1/s1. The Hall–Kier alpha value is -1.73. The van der Waals surface area contributed by atoms with E-state index in [1.807, 2.05) is 0 Å². The summed E-state index contributed by atoms with van der Waals surface area (Å²) in [6.07, 6.45) is 2.06. The molecule has 1 fully saturated rings. The molecule has 1 aromatic heterocycles. The highest BCUT2D eigenvalue weighted by Gasteiger charge is 2.52. The second kappa shape index (κ2) is 7.66. The van der Waals surface area contributed by atoms with Crippen molar-refractivity contribution in [3.05, 3.63) is 24.4 Å². The highest BCUT2D eigenvalue weighted by molar-refractivity contribution is 7.90. The number of nitrogens with two attached hydrogens (primary N) is 1. The molecular formula is C13H21BN4O6S. The van der Waals surface area contributed by atoms with E-state index in [0.29, 0.717) is 6.42 Å². The third-order valence-electron chi connectivity index (χ3n) is 4.24. The Balaban J connectivity index is 2.13. The molecule has 0 bridgehead atoms. The molecule has 0 aromatic carbocycles. The topological polar surface area (TPSA) is 166 Å². The highest BCUT2D eigenvalue weighted by Crippen LogP contribution is 2.32. The van der Waals surface area contributed by atoms with Crippen LogP contribution in [0, 0.1) is 5.92 Å². The molecule has 2 heterocycles. The summed E-state index contributed by atoms with van der Waals surface area (Å²) >= 11 is 0. The van der Waals surface area contributed by atoms with Gasteiger partial charge < -0.3 is 20.9 Å². The van der Waals surface area contributed by atoms with Gasteiger partial charge in [-0.05, 0) is 24.9 Å². The maximum absolute atomic E-state index is 12.5. The first kappa shape index (κ1) is 19.6. The lowest BCUT2D eigenvalue weighted by atomic mass is 9.78. The molecule has 1 aliphatic rings. The van der Waals surface area contributed by atoms with Gasteiger partial charge in [0.25, 0.3) is 0 Å². The lowest BCUT2D eigenvalue weighted by Gasteiger charge is -2.25. The van der Waals surface area contributed by atoms with Gasteiger partial charge >= 0.3 is 23.3 Å². The van der Waals surface area contributed by atoms with Crippen LogP contribution in [-0.4, -0.2) is 64.6 Å². The Morgan fingerprint density at radius 2 is 2.20 bits per heavy atom. The molecule has 2 rings (SSSR count). The molecule has 0 aliphatic carbocycles. The fraction of sp³-hybridized carbons (Fsp3) is 0.538. The van der Waals surface area contributed by atoms with Crippen molar-refractivity contribution in [2.45, 2.75) is 24.7 Å². The van der Waals surface area contributed by atoms with Crippen LogP contribution in [0.1, 0.15) is 12.8 Å². The second-order valence-electron chi connectivity index (χ2n) is 6.07. The van der Waals surface area contributed by atoms with Gasteiger partial charge in [-0.15, -0.1) is 0 Å². The van der Waals surface area contributed by atoms with Crippen molar-refractivity contribution in [3.63, 3.8) is 0 Å². The zero-order chi connectivity index (χ0) is 18.7. The predicted octanol–water partition coefficient (Wildman–Crippen LogP) is -1.29. The summed E-state index contributed by atoms with van der Waals surface area (Å²) in [6.45, 7) is -0.455. The summed E-state index contributed by atoms with van der Waals surface area (Å²) in [5.74, 6) is -1.83. The molecule has 25 heavy (non-hydrogen) atoms. The lowest BCUT2D eigenvalue weighted by molar-refractivity contribution is -0.144. The van der Waals surface area contributed by atoms with Crippen LogP contribution in [0.2, 0.25) is 6.32 Å². The largest absolute Gasteiger partial charge is 0.480 e. The van der Waals surface area contributed by atoms with Crippen LogP contribution in [0.25, 0.3) is 0 Å². The number of aromatic nitrogens is 1. The Morgan fingerprint density at radius 3 is 2.76 bits per heavy atom. The summed E-state index contributed by atoms with van der Waals surface area (Å²) in [5.41, 5.74) is 4.23. The number of anilines is 1. The molecule has 138 valence electrons. The molecule has 2 atom stereocenters. The average molecular weight is 372 g/mol. The van der Waals surface area contributed by atoms with Crippen LogP contribution in [0.5, 0.6) is 0 Å². The number of carboxylic acid groups (broad SMARTS) is 1. The number of rotatable bonds is 8. The molecule has 1 saturated heterocycles. The van der Waals surface area contributed by atoms with E-state index in [1.54, 1.807) is 12.1 Å². The van der Waals surface area contributed by atoms with E-state index >= 15 is 0 Å². The number of hydrogen-bond donors (Lipinski definition) is 5. The fourth-order valence-electron chi connectivity index (χ4n) is 2.84. The second-order valence-corrected chi connectivity index (χ2v) is 7.74. The first-order valence-electron chi connectivity index (χ1n) is 7.72. The third-order valence-corrected chi connectivity index (χ3v) is 5.67. The molecular weight excluding hydrogens is 351 g/mol. The van der Waals surface area contributed by atoms with Gasteiger partial charge in [0.15, 0.2) is 0 Å². The minimum absolute atomic E-state index is 0.0606. The number of nitrogens with one attached hydrogen (secondary N) is 1. The molecule has 1 aliphatic heterocycles. The number of hydrogen-bond acceptors (Lipinski definition) is 7. The van der Waals surface area contributed by atoms with Crippen molar-refractivity contribution in [3.8, 4) is 0 Å². The number of carboxylic acids is 1. The van der Waals surface area contributed by atoms with E-state index in [-0.39, 0.29) is 31.6 Å². The summed E-state index contributed by atoms with van der Waals surface area (Å²) < 4.78 is 28.2. The summed E-state index contributed by atoms with van der Waals surface area (Å²) in [4.78, 5) is 15.5. The zero-order valence-corrected chi connectivity index (χ0v) is 14.3. The third kappa shape index (κ3) is 4.67. The van der Waals surface area contributed by atoms with Crippen molar-refractivity contribution in [1.82, 2.24) is 9.29 Å². The fourth-order valence-corrected chi connectivity index (χ4v) is 4.11. The molecule has 10 nitrogen and oxygen atoms in total. The van der Waals surface area contributed by atoms with Crippen LogP contribution in [0.4, 0.5) is 5.82 Å². The maximum Gasteiger partial charge on any atom is 0.451 e. The number of aliphatic carboxylic acids is 1. The molecule has 1 aromatic rings. The highest BCUT2D eigenvalue weighted by atomic mass is 32.2. The minimum atomic E-state index is -4.01. The molecule has 0 saturated carbocycles. The van der Waals surface area contributed by atoms with Crippen LogP contribution >= 0.6 is 0 Å². The van der Waals surface area contributed by atoms with Crippen molar-refractivity contribution in [1.29, 1.82) is 0 Å². The predicted molar refractivity (Wildman–Crippen MR) is 90.6 cm³/mol. The van der Waals surface area contributed by atoms with Crippen molar-refractivity contribution in [2.24, 2.45) is 11.7 Å². The van der Waals surface area contributed by atoms with Gasteiger partial charge in [-0.1, -0.05) is 12.5 Å². The zero-order valence-electron chi connectivity index (χ0n) is 13.4. The van der Waals surface area contributed by atoms with Crippen LogP contribution in [0.3, 0.4) is 0 Å². The van der Waals surface area contributed by atoms with E-state index in [9.17, 15) is 18.3 Å². The van der Waals surface area contributed by atoms with Crippen LogP contribution < -0.4 is 10.5 Å². The van der Waals surface area contributed by atoms with Crippen LogP contribution in [-0.2, 0) is 15.0 Å². The van der Waals surface area contributed by atoms with E-state index in [4.69, 9.17) is 15.8 Å². The quantitative estimate of drug-likeness (QED) is 0.351. The number of nitrogens with zero attached hydrogens (tertiary/aromatic N) is 2. The van der Waals surface area contributed by atoms with Gasteiger partial charge in [0.1, 0.15) is 11.4 Å². The van der Waals surface area contributed by atoms with Crippen molar-refractivity contribution in [2.75, 3.05) is 17.8 Å². The van der Waals surface area contributed by atoms with Crippen molar-refractivity contribution >= 4 is 29.1 Å². The summed E-state index contributed by atoms with van der Waals surface area (Å²) in [6, 6.07) is 4.72. The van der Waals surface area contributed by atoms with Gasteiger partial charge in [-0.25, -0.2) is 4.98 Å². The van der Waals surface area contributed by atoms with Gasteiger partial charge in [0, 0.05) is 25.2 Å². The van der Waals surface area contributed by atoms with E-state index in [2.05, 4.69) is 9.71 Å².